The number of nitrogens with two attached hydrogens (primary N) is 1. The highest BCUT2D eigenvalue weighted by atomic mass is 35.5. The number of rotatable bonds is 7. The maximum atomic E-state index is 14.2. The molecule has 1 aromatic heterocycles. The number of thiophene rings is 1. The molecule has 2 amide bonds. The zero-order chi connectivity index (χ0) is 26.3. The van der Waals surface area contributed by atoms with Crippen molar-refractivity contribution in [2.24, 2.45) is 17.6 Å². The fraction of sp³-hybridized carbons (Fsp3) is 0.296. The minimum absolute atomic E-state index is 0.169. The summed E-state index contributed by atoms with van der Waals surface area (Å²) in [7, 11) is 0. The average Bonchev–Trinajstić information content (AvgIpc) is 3.48. The zero-order valence-electron chi connectivity index (χ0n) is 19.7. The molecule has 3 aromatic rings. The Morgan fingerprint density at radius 3 is 2.41 bits per heavy atom. The molecular weight excluding hydrogens is 514 g/mol. The summed E-state index contributed by atoms with van der Waals surface area (Å²) in [5.41, 5.74) is 6.53. The third kappa shape index (κ3) is 4.53. The van der Waals surface area contributed by atoms with Crippen molar-refractivity contribution in [3.8, 4) is 0 Å². The van der Waals surface area contributed by atoms with Gasteiger partial charge in [0.25, 0.3) is 5.69 Å². The second-order valence-electron chi connectivity index (χ2n) is 9.46. The monoisotopic (exact) mass is 537 g/mol. The summed E-state index contributed by atoms with van der Waals surface area (Å²) >= 11 is 7.58. The van der Waals surface area contributed by atoms with Crippen LogP contribution < -0.4 is 5.73 Å². The molecule has 2 N–H and O–H groups in total. The maximum absolute atomic E-state index is 14.2. The molecule has 190 valence electrons. The molecule has 4 atom stereocenters. The number of hydrogen-bond donors (Lipinski definition) is 1. The molecule has 0 radical (unpaired) electrons. The SMILES string of the molecule is NC(=O)C1C(c2cccs2)C(C(=O)c2cccc(Cl)c2)C(c2cccc([N+](=O)[O-])c2)N1C(=O)C1CCC1. The molecule has 0 spiro atoms. The lowest BCUT2D eigenvalue weighted by atomic mass is 9.78. The van der Waals surface area contributed by atoms with Crippen LogP contribution in [0.2, 0.25) is 5.02 Å². The number of nitro benzene ring substituents is 1. The van der Waals surface area contributed by atoms with Crippen molar-refractivity contribution < 1.29 is 19.3 Å². The number of benzene rings is 2. The third-order valence-electron chi connectivity index (χ3n) is 7.37. The number of nitro groups is 1. The van der Waals surface area contributed by atoms with Gasteiger partial charge in [0.05, 0.1) is 16.9 Å². The highest BCUT2D eigenvalue weighted by molar-refractivity contribution is 7.10. The second-order valence-corrected chi connectivity index (χ2v) is 10.9. The van der Waals surface area contributed by atoms with Crippen LogP contribution in [-0.4, -0.2) is 33.5 Å². The van der Waals surface area contributed by atoms with E-state index in [2.05, 4.69) is 0 Å². The smallest absolute Gasteiger partial charge is 0.269 e. The molecule has 2 aliphatic rings. The van der Waals surface area contributed by atoms with E-state index in [0.29, 0.717) is 29.0 Å². The fourth-order valence-corrected chi connectivity index (χ4v) is 6.60. The molecule has 8 nitrogen and oxygen atoms in total. The molecule has 0 bridgehead atoms. The van der Waals surface area contributed by atoms with E-state index in [9.17, 15) is 24.5 Å². The largest absolute Gasteiger partial charge is 0.368 e. The summed E-state index contributed by atoms with van der Waals surface area (Å²) in [6, 6.07) is 14.0. The Morgan fingerprint density at radius 1 is 1.05 bits per heavy atom. The molecule has 37 heavy (non-hydrogen) atoms. The van der Waals surface area contributed by atoms with Crippen LogP contribution in [-0.2, 0) is 9.59 Å². The van der Waals surface area contributed by atoms with Crippen molar-refractivity contribution >= 4 is 46.2 Å². The molecule has 1 saturated carbocycles. The van der Waals surface area contributed by atoms with Crippen LogP contribution in [0, 0.1) is 22.0 Å². The Hall–Kier alpha value is -3.56. The van der Waals surface area contributed by atoms with Crippen molar-refractivity contribution in [1.82, 2.24) is 4.90 Å². The van der Waals surface area contributed by atoms with Crippen LogP contribution in [0.1, 0.15) is 52.0 Å². The molecular formula is C27H24ClN3O5S. The Kier molecular flexibility index (Phi) is 6.83. The summed E-state index contributed by atoms with van der Waals surface area (Å²) in [5.74, 6) is -3.21. The number of primary amides is 1. The Morgan fingerprint density at radius 2 is 1.81 bits per heavy atom. The van der Waals surface area contributed by atoms with Gasteiger partial charge in [-0.1, -0.05) is 48.4 Å². The van der Waals surface area contributed by atoms with Crippen molar-refractivity contribution in [1.29, 1.82) is 0 Å². The van der Waals surface area contributed by atoms with Gasteiger partial charge in [-0.25, -0.2) is 0 Å². The lowest BCUT2D eigenvalue weighted by Crippen LogP contribution is -2.49. The van der Waals surface area contributed by atoms with E-state index in [4.69, 9.17) is 17.3 Å². The minimum Gasteiger partial charge on any atom is -0.368 e. The number of carbonyl (C=O) groups excluding carboxylic acids is 3. The summed E-state index contributed by atoms with van der Waals surface area (Å²) < 4.78 is 0. The van der Waals surface area contributed by atoms with Crippen molar-refractivity contribution in [2.75, 3.05) is 0 Å². The van der Waals surface area contributed by atoms with E-state index in [1.165, 1.54) is 34.4 Å². The van der Waals surface area contributed by atoms with Crippen molar-refractivity contribution in [3.63, 3.8) is 0 Å². The zero-order valence-corrected chi connectivity index (χ0v) is 21.2. The lowest BCUT2D eigenvalue weighted by Gasteiger charge is -2.36. The number of hydrogen-bond acceptors (Lipinski definition) is 6. The van der Waals surface area contributed by atoms with E-state index < -0.39 is 34.7 Å². The number of non-ortho nitro benzene ring substituents is 1. The van der Waals surface area contributed by atoms with Gasteiger partial charge in [-0.2, -0.15) is 0 Å². The molecule has 1 aliphatic carbocycles. The van der Waals surface area contributed by atoms with Crippen LogP contribution in [0.4, 0.5) is 5.69 Å². The predicted octanol–water partition coefficient (Wildman–Crippen LogP) is 5.13. The van der Waals surface area contributed by atoms with Crippen LogP contribution in [0.5, 0.6) is 0 Å². The van der Waals surface area contributed by atoms with Gasteiger partial charge in [-0.3, -0.25) is 24.5 Å². The molecule has 4 unspecified atom stereocenters. The quantitative estimate of drug-likeness (QED) is 0.254. The summed E-state index contributed by atoms with van der Waals surface area (Å²) in [6.07, 6.45) is 2.25. The minimum atomic E-state index is -1.09. The number of amides is 2. The van der Waals surface area contributed by atoms with Crippen LogP contribution >= 0.6 is 22.9 Å². The summed E-state index contributed by atoms with van der Waals surface area (Å²) in [5, 5.41) is 13.8. The van der Waals surface area contributed by atoms with Crippen LogP contribution in [0.3, 0.4) is 0 Å². The fourth-order valence-electron chi connectivity index (χ4n) is 5.51. The number of nitrogens with zero attached hydrogens (tertiary/aromatic N) is 2. The first-order valence-electron chi connectivity index (χ1n) is 12.0. The molecule has 1 saturated heterocycles. The first-order chi connectivity index (χ1) is 17.8. The molecule has 5 rings (SSSR count). The molecule has 2 fully saturated rings. The van der Waals surface area contributed by atoms with E-state index in [-0.39, 0.29) is 23.3 Å². The number of likely N-dealkylation sites (tertiary alicyclic amines) is 1. The second kappa shape index (κ2) is 10.1. The molecule has 2 aromatic carbocycles. The number of ketones is 1. The first-order valence-corrected chi connectivity index (χ1v) is 13.2. The Bertz CT molecular complexity index is 1370. The van der Waals surface area contributed by atoms with Gasteiger partial charge >= 0.3 is 0 Å². The number of carbonyl (C=O) groups is 3. The normalized spacial score (nSPS) is 23.4. The highest BCUT2D eigenvalue weighted by Gasteiger charge is 2.58. The van der Waals surface area contributed by atoms with Gasteiger partial charge in [0.1, 0.15) is 6.04 Å². The summed E-state index contributed by atoms with van der Waals surface area (Å²) in [6.45, 7) is 0. The van der Waals surface area contributed by atoms with Gasteiger partial charge in [0.15, 0.2) is 5.78 Å². The third-order valence-corrected chi connectivity index (χ3v) is 8.58. The number of Topliss-reactive ketones (excluding diaryl/α,β-unsaturated/α-hetero) is 1. The van der Waals surface area contributed by atoms with Crippen molar-refractivity contribution in [3.05, 3.63) is 97.2 Å². The first kappa shape index (κ1) is 25.1. The van der Waals surface area contributed by atoms with E-state index in [1.807, 2.05) is 17.5 Å². The number of halogens is 1. The van der Waals surface area contributed by atoms with E-state index >= 15 is 0 Å². The maximum Gasteiger partial charge on any atom is 0.269 e. The van der Waals surface area contributed by atoms with Gasteiger partial charge in [0.2, 0.25) is 11.8 Å². The van der Waals surface area contributed by atoms with E-state index in [0.717, 1.165) is 11.3 Å². The van der Waals surface area contributed by atoms with Crippen molar-refractivity contribution in [2.45, 2.75) is 37.3 Å². The molecule has 10 heteroatoms. The Labute approximate surface area is 222 Å². The van der Waals surface area contributed by atoms with Gasteiger partial charge in [-0.05, 0) is 42.0 Å². The Balaban J connectivity index is 1.75. The molecule has 2 heterocycles. The van der Waals surface area contributed by atoms with E-state index in [1.54, 1.807) is 30.3 Å². The van der Waals surface area contributed by atoms with Crippen LogP contribution in [0.25, 0.3) is 0 Å². The summed E-state index contributed by atoms with van der Waals surface area (Å²) in [4.78, 5) is 54.4. The van der Waals surface area contributed by atoms with Gasteiger partial charge in [0, 0.05) is 39.4 Å². The predicted molar refractivity (Wildman–Crippen MR) is 139 cm³/mol. The van der Waals surface area contributed by atoms with Gasteiger partial charge < -0.3 is 10.6 Å². The average molecular weight is 538 g/mol. The topological polar surface area (TPSA) is 124 Å². The van der Waals surface area contributed by atoms with Gasteiger partial charge in [-0.15, -0.1) is 11.3 Å². The highest BCUT2D eigenvalue weighted by Crippen LogP contribution is 2.53. The lowest BCUT2D eigenvalue weighted by molar-refractivity contribution is -0.385. The van der Waals surface area contributed by atoms with Crippen LogP contribution in [0.15, 0.2) is 66.0 Å². The molecule has 1 aliphatic heterocycles. The standard InChI is InChI=1S/C27H24ClN3O5S/c28-18-9-2-8-17(13-18)25(32)22-21(20-11-4-12-37-20)24(26(29)33)30(27(34)15-5-1-6-15)23(22)16-7-3-10-19(14-16)31(35)36/h2-4,7-15,21-24H,1,5-6H2,(H2,29,33).